The molecular formula is C54H40N4O2S. The molecule has 6 nitrogen and oxygen atoms in total. The molecule has 294 valence electrons. The fraction of sp³-hybridized carbons (Fsp3) is 0.0370. The molecule has 0 bridgehead atoms. The first-order chi connectivity index (χ1) is 30.0. The fourth-order valence-electron chi connectivity index (χ4n) is 8.51. The Morgan fingerprint density at radius 1 is 0.525 bits per heavy atom. The third kappa shape index (κ3) is 6.75. The number of ether oxygens (including phenoxy) is 2. The molecule has 1 heterocycles. The summed E-state index contributed by atoms with van der Waals surface area (Å²) in [6.07, 6.45) is 4.10. The Morgan fingerprint density at radius 3 is 1.64 bits per heavy atom. The van der Waals surface area contributed by atoms with Crippen LogP contribution in [-0.4, -0.2) is 30.2 Å². The van der Waals surface area contributed by atoms with Crippen molar-refractivity contribution in [1.29, 1.82) is 5.41 Å². The van der Waals surface area contributed by atoms with E-state index in [1.165, 1.54) is 16.2 Å². The molecule has 1 aromatic heterocycles. The summed E-state index contributed by atoms with van der Waals surface area (Å²) in [4.78, 5) is 2.12. The van der Waals surface area contributed by atoms with Crippen molar-refractivity contribution in [2.75, 3.05) is 19.1 Å². The molecule has 7 heteroatoms. The molecule has 1 aliphatic carbocycles. The number of allylic oxidation sites excluding steroid dienone is 4. The second-order valence-corrected chi connectivity index (χ2v) is 15.1. The van der Waals surface area contributed by atoms with Crippen LogP contribution in [0, 0.1) is 5.41 Å². The van der Waals surface area contributed by atoms with Crippen LogP contribution in [0.4, 0.5) is 11.4 Å². The number of thiol groups is 1. The smallest absolute Gasteiger partial charge is 0.118 e. The molecule has 1 N–H and O–H groups in total. The van der Waals surface area contributed by atoms with Crippen LogP contribution in [-0.2, 0) is 0 Å². The highest BCUT2D eigenvalue weighted by Crippen LogP contribution is 2.40. The van der Waals surface area contributed by atoms with Gasteiger partial charge in [0.1, 0.15) is 22.9 Å². The van der Waals surface area contributed by atoms with Crippen LogP contribution in [0.2, 0.25) is 0 Å². The summed E-state index contributed by atoms with van der Waals surface area (Å²) in [6.45, 7) is 0. The van der Waals surface area contributed by atoms with E-state index < -0.39 is 0 Å². The minimum Gasteiger partial charge on any atom is -0.497 e. The molecule has 0 atom stereocenters. The van der Waals surface area contributed by atoms with E-state index in [-0.39, 0.29) is 5.71 Å². The second-order valence-electron chi connectivity index (χ2n) is 14.9. The van der Waals surface area contributed by atoms with Gasteiger partial charge in [0.2, 0.25) is 0 Å². The number of fused-ring (bicyclic) bond motifs is 5. The van der Waals surface area contributed by atoms with E-state index in [0.717, 1.165) is 78.4 Å². The maximum absolute atomic E-state index is 9.80. The van der Waals surface area contributed by atoms with Gasteiger partial charge in [0.15, 0.2) is 0 Å². The average Bonchev–Trinajstić information content (AvgIpc) is 3.67. The molecule has 9 aromatic rings. The van der Waals surface area contributed by atoms with Gasteiger partial charge in [-0.1, -0.05) is 109 Å². The Hall–Kier alpha value is -7.61. The minimum absolute atomic E-state index is 0.264. The quantitative estimate of drug-likeness (QED) is 0.113. The van der Waals surface area contributed by atoms with Gasteiger partial charge in [-0.25, -0.2) is 4.40 Å². The average molecular weight is 809 g/mol. The van der Waals surface area contributed by atoms with E-state index >= 15 is 0 Å². The second kappa shape index (κ2) is 15.9. The van der Waals surface area contributed by atoms with E-state index in [9.17, 15) is 5.41 Å². The number of hydrogen-bond donors (Lipinski definition) is 2. The normalized spacial score (nSPS) is 13.4. The summed E-state index contributed by atoms with van der Waals surface area (Å²) in [7, 11) is 3.35. The lowest BCUT2D eigenvalue weighted by Gasteiger charge is -2.31. The van der Waals surface area contributed by atoms with Crippen molar-refractivity contribution in [1.82, 2.24) is 4.57 Å². The van der Waals surface area contributed by atoms with Crippen LogP contribution in [0.15, 0.2) is 204 Å². The molecule has 0 saturated carbocycles. The number of hydrogen-bond acceptors (Lipinski definition) is 6. The number of benzene rings is 8. The Kier molecular flexibility index (Phi) is 9.79. The predicted molar refractivity (Wildman–Crippen MR) is 257 cm³/mol. The van der Waals surface area contributed by atoms with Crippen molar-refractivity contribution in [3.8, 4) is 39.4 Å². The van der Waals surface area contributed by atoms with Crippen LogP contribution in [0.1, 0.15) is 5.56 Å². The third-order valence-corrected chi connectivity index (χ3v) is 11.8. The molecule has 0 saturated heterocycles. The van der Waals surface area contributed by atoms with Crippen molar-refractivity contribution < 1.29 is 9.47 Å². The predicted octanol–water partition coefficient (Wildman–Crippen LogP) is 13.7. The highest BCUT2D eigenvalue weighted by atomic mass is 32.1. The number of methoxy groups -OCH3 is 2. The first kappa shape index (κ1) is 37.6. The van der Waals surface area contributed by atoms with Gasteiger partial charge in [0.05, 0.1) is 31.0 Å². The van der Waals surface area contributed by atoms with Gasteiger partial charge in [-0.3, -0.25) is 5.41 Å². The molecule has 0 spiro atoms. The molecule has 0 radical (unpaired) electrons. The lowest BCUT2D eigenvalue weighted by Crippen LogP contribution is -2.30. The summed E-state index contributed by atoms with van der Waals surface area (Å²) in [6, 6.07) is 63.0. The van der Waals surface area contributed by atoms with Crippen molar-refractivity contribution >= 4 is 73.8 Å². The zero-order valence-electron chi connectivity index (χ0n) is 33.6. The largest absolute Gasteiger partial charge is 0.497 e. The number of anilines is 2. The first-order valence-corrected chi connectivity index (χ1v) is 20.5. The SMILES string of the molecule is COc1ccc(-c2ccc(N(C3=CC=C(c4ccc5c6c7ccccc7ccc6n(-c6ccccc6)c5c4)/C(=N/S)C3=N)c3ccc(-c4ccc(OC)cc4)cc3)cc2)cc1. The number of nitrogens with zero attached hydrogens (tertiary/aromatic N) is 3. The van der Waals surface area contributed by atoms with Gasteiger partial charge in [0, 0.05) is 33.4 Å². The maximum atomic E-state index is 9.80. The highest BCUT2D eigenvalue weighted by Gasteiger charge is 2.28. The molecule has 0 aliphatic heterocycles. The molecule has 0 unspecified atom stereocenters. The molecule has 8 aromatic carbocycles. The van der Waals surface area contributed by atoms with Gasteiger partial charge in [-0.05, 0) is 136 Å². The van der Waals surface area contributed by atoms with Crippen molar-refractivity contribution in [2.24, 2.45) is 4.40 Å². The van der Waals surface area contributed by atoms with Gasteiger partial charge in [0.25, 0.3) is 0 Å². The van der Waals surface area contributed by atoms with Crippen LogP contribution < -0.4 is 14.4 Å². The maximum Gasteiger partial charge on any atom is 0.118 e. The number of para-hydroxylation sites is 1. The molecule has 1 aliphatic rings. The molecule has 0 amide bonds. The van der Waals surface area contributed by atoms with Gasteiger partial charge < -0.3 is 18.9 Å². The summed E-state index contributed by atoms with van der Waals surface area (Å²) in [5, 5.41) is 14.6. The fourth-order valence-corrected chi connectivity index (χ4v) is 8.72. The zero-order chi connectivity index (χ0) is 41.5. The van der Waals surface area contributed by atoms with Gasteiger partial charge in [-0.15, -0.1) is 0 Å². The Balaban J connectivity index is 1.10. The van der Waals surface area contributed by atoms with Crippen molar-refractivity contribution in [2.45, 2.75) is 0 Å². The van der Waals surface area contributed by atoms with Crippen molar-refractivity contribution in [3.63, 3.8) is 0 Å². The van der Waals surface area contributed by atoms with Gasteiger partial charge >= 0.3 is 0 Å². The number of rotatable bonds is 9. The Bertz CT molecular complexity index is 3110. The number of nitrogens with one attached hydrogen (secondary N) is 1. The lowest BCUT2D eigenvalue weighted by molar-refractivity contribution is 0.415. The van der Waals surface area contributed by atoms with E-state index in [1.807, 2.05) is 36.4 Å². The van der Waals surface area contributed by atoms with Crippen LogP contribution in [0.25, 0.3) is 66.1 Å². The first-order valence-electron chi connectivity index (χ1n) is 20.1. The van der Waals surface area contributed by atoms with E-state index in [0.29, 0.717) is 11.4 Å². The van der Waals surface area contributed by atoms with E-state index in [4.69, 9.17) is 9.47 Å². The van der Waals surface area contributed by atoms with E-state index in [2.05, 4.69) is 184 Å². The third-order valence-electron chi connectivity index (χ3n) is 11.6. The van der Waals surface area contributed by atoms with Crippen LogP contribution in [0.3, 0.4) is 0 Å². The van der Waals surface area contributed by atoms with Crippen LogP contribution >= 0.6 is 12.8 Å². The van der Waals surface area contributed by atoms with E-state index in [1.54, 1.807) is 14.2 Å². The number of aromatic nitrogens is 1. The summed E-state index contributed by atoms with van der Waals surface area (Å²) in [5.41, 5.74) is 12.6. The zero-order valence-corrected chi connectivity index (χ0v) is 34.5. The molecule has 61 heavy (non-hydrogen) atoms. The molecule has 10 rings (SSSR count). The summed E-state index contributed by atoms with van der Waals surface area (Å²) < 4.78 is 17.6. The monoisotopic (exact) mass is 808 g/mol. The summed E-state index contributed by atoms with van der Waals surface area (Å²) in [5.74, 6) is 1.63. The minimum atomic E-state index is 0.264. The topological polar surface area (TPSA) is 62.8 Å². The highest BCUT2D eigenvalue weighted by molar-refractivity contribution is 7.79. The Labute approximate surface area is 360 Å². The van der Waals surface area contributed by atoms with Crippen LogP contribution in [0.5, 0.6) is 11.5 Å². The van der Waals surface area contributed by atoms with Gasteiger partial charge in [-0.2, -0.15) is 0 Å². The summed E-state index contributed by atoms with van der Waals surface area (Å²) >= 11 is 4.52. The molecular weight excluding hydrogens is 769 g/mol. The Morgan fingerprint density at radius 2 is 1.07 bits per heavy atom. The standard InChI is InChI=1S/C54H40N4O2S/c1-59-44-26-16-37(17-27-44)35-12-22-42(23-13-35)57(43-24-14-36(15-25-43)38-18-28-45(60-2)29-19-38)50-33-31-47(54(56-61)53(50)55)40-20-30-48-51(34-40)58(41-9-4-3-5-10-41)49-32-21-39-8-6-7-11-46(39)52(48)49/h3-34,55,61H,1-2H3/b55-53?,56-54-. The lowest BCUT2D eigenvalue weighted by atomic mass is 9.90. The molecule has 0 fully saturated rings. The van der Waals surface area contributed by atoms with Crippen molar-refractivity contribution in [3.05, 3.63) is 205 Å².